The van der Waals surface area contributed by atoms with Crippen LogP contribution in [0.15, 0.2) is 48.5 Å². The van der Waals surface area contributed by atoms with E-state index in [2.05, 4.69) is 5.32 Å². The summed E-state index contributed by atoms with van der Waals surface area (Å²) in [5.74, 6) is 0.712. The zero-order valence-corrected chi connectivity index (χ0v) is 15.6. The molecule has 0 bridgehead atoms. The van der Waals surface area contributed by atoms with Crippen molar-refractivity contribution in [2.45, 2.75) is 43.1 Å². The molecule has 0 saturated heterocycles. The van der Waals surface area contributed by atoms with E-state index in [1.807, 2.05) is 55.5 Å². The third-order valence-electron chi connectivity index (χ3n) is 4.58. The zero-order valence-electron chi connectivity index (χ0n) is 14.8. The van der Waals surface area contributed by atoms with E-state index in [0.717, 1.165) is 16.8 Å². The normalized spacial score (nSPS) is 15.8. The van der Waals surface area contributed by atoms with Crippen molar-refractivity contribution in [2.24, 2.45) is 0 Å². The maximum atomic E-state index is 13.1. The van der Waals surface area contributed by atoms with Gasteiger partial charge in [0.1, 0.15) is 11.0 Å². The lowest BCUT2D eigenvalue weighted by Gasteiger charge is -2.21. The van der Waals surface area contributed by atoms with Gasteiger partial charge in [0.05, 0.1) is 12.8 Å². The molecule has 1 aliphatic carbocycles. The summed E-state index contributed by atoms with van der Waals surface area (Å²) in [6, 6.07) is 15.9. The van der Waals surface area contributed by atoms with Crippen LogP contribution in [0.1, 0.15) is 42.1 Å². The van der Waals surface area contributed by atoms with E-state index in [1.54, 1.807) is 18.9 Å². The number of amides is 1. The average molecular weight is 356 g/mol. The van der Waals surface area contributed by atoms with Crippen LogP contribution in [0.25, 0.3) is 0 Å². The fourth-order valence-electron chi connectivity index (χ4n) is 3.25. The number of carbonyl (C=O) groups is 1. The van der Waals surface area contributed by atoms with Crippen LogP contribution in [0.3, 0.4) is 0 Å². The highest BCUT2D eigenvalue weighted by Crippen LogP contribution is 2.40. The molecule has 1 amide bonds. The predicted molar refractivity (Wildman–Crippen MR) is 105 cm³/mol. The average Bonchev–Trinajstić information content (AvgIpc) is 3.14. The van der Waals surface area contributed by atoms with Gasteiger partial charge in [-0.2, -0.15) is 0 Å². The molecule has 2 aromatic carbocycles. The molecule has 1 N–H and O–H groups in total. The molecule has 0 heterocycles. The summed E-state index contributed by atoms with van der Waals surface area (Å²) in [5.41, 5.74) is 2.89. The fourth-order valence-corrected chi connectivity index (χ4v) is 4.74. The van der Waals surface area contributed by atoms with Gasteiger partial charge in [-0.25, -0.2) is 0 Å². The maximum absolute atomic E-state index is 13.1. The molecule has 1 fully saturated rings. The van der Waals surface area contributed by atoms with Crippen molar-refractivity contribution in [3.8, 4) is 5.75 Å². The number of hydrogen-bond acceptors (Lipinski definition) is 3. The molecule has 0 aliphatic heterocycles. The van der Waals surface area contributed by atoms with Crippen molar-refractivity contribution in [3.05, 3.63) is 59.7 Å². The minimum absolute atomic E-state index is 0.0204. The Balaban J connectivity index is 1.82. The van der Waals surface area contributed by atoms with Gasteiger partial charge in [-0.3, -0.25) is 4.79 Å². The first-order valence-electron chi connectivity index (χ1n) is 8.83. The largest absolute Gasteiger partial charge is 0.495 e. The Kier molecular flexibility index (Phi) is 6.03. The van der Waals surface area contributed by atoms with Crippen molar-refractivity contribution in [2.75, 3.05) is 12.4 Å². The molecule has 0 aromatic heterocycles. The van der Waals surface area contributed by atoms with Crippen LogP contribution in [0.4, 0.5) is 5.69 Å². The summed E-state index contributed by atoms with van der Waals surface area (Å²) < 4.78 is 5.40. The number of ether oxygens (including phenoxy) is 1. The Bertz CT molecular complexity index is 711. The first-order valence-corrected chi connectivity index (χ1v) is 9.77. The van der Waals surface area contributed by atoms with Gasteiger partial charge in [0.2, 0.25) is 5.91 Å². The highest BCUT2D eigenvalue weighted by molar-refractivity contribution is 8.00. The second-order valence-electron chi connectivity index (χ2n) is 6.53. The Labute approximate surface area is 154 Å². The number of rotatable bonds is 6. The summed E-state index contributed by atoms with van der Waals surface area (Å²) in [6.45, 7) is 2.01. The van der Waals surface area contributed by atoms with Gasteiger partial charge in [0.15, 0.2) is 0 Å². The Hall–Kier alpha value is -1.94. The lowest BCUT2D eigenvalue weighted by atomic mass is 10.1. The Morgan fingerprint density at radius 2 is 1.88 bits per heavy atom. The molecule has 25 heavy (non-hydrogen) atoms. The predicted octanol–water partition coefficient (Wildman–Crippen LogP) is 5.36. The van der Waals surface area contributed by atoms with Gasteiger partial charge in [-0.05, 0) is 43.0 Å². The molecular weight excluding hydrogens is 330 g/mol. The fraction of sp³-hybridized carbons (Fsp3) is 0.381. The van der Waals surface area contributed by atoms with Crippen LogP contribution < -0.4 is 10.1 Å². The van der Waals surface area contributed by atoms with Gasteiger partial charge in [0.25, 0.3) is 0 Å². The second-order valence-corrected chi connectivity index (χ2v) is 7.94. The molecule has 1 aliphatic rings. The molecule has 3 nitrogen and oxygen atoms in total. The van der Waals surface area contributed by atoms with E-state index in [-0.39, 0.29) is 11.2 Å². The number of benzene rings is 2. The molecular formula is C21H25NO2S. The van der Waals surface area contributed by atoms with E-state index in [9.17, 15) is 4.79 Å². The van der Waals surface area contributed by atoms with E-state index in [4.69, 9.17) is 4.74 Å². The van der Waals surface area contributed by atoms with Gasteiger partial charge in [0, 0.05) is 5.25 Å². The summed E-state index contributed by atoms with van der Waals surface area (Å²) in [5, 5.41) is 3.46. The summed E-state index contributed by atoms with van der Waals surface area (Å²) >= 11 is 1.80. The number of methoxy groups -OCH3 is 1. The van der Waals surface area contributed by atoms with Gasteiger partial charge in [-0.1, -0.05) is 49.2 Å². The van der Waals surface area contributed by atoms with Gasteiger partial charge < -0.3 is 10.1 Å². The van der Waals surface area contributed by atoms with Crippen LogP contribution in [0, 0.1) is 6.92 Å². The van der Waals surface area contributed by atoms with Gasteiger partial charge in [-0.15, -0.1) is 11.8 Å². The Morgan fingerprint density at radius 1 is 1.16 bits per heavy atom. The standard InChI is InChI=1S/C21H25NO2S/c1-15-12-13-19(24-2)18(14-15)22-21(23)20(16-8-4-3-5-9-16)25-17-10-6-7-11-17/h3-5,8-9,12-14,17,20H,6-7,10-11H2,1-2H3,(H,22,23)/t20-/m0/s1. The van der Waals surface area contributed by atoms with Crippen LogP contribution >= 0.6 is 11.8 Å². The van der Waals surface area contributed by atoms with E-state index < -0.39 is 0 Å². The molecule has 3 rings (SSSR count). The summed E-state index contributed by atoms with van der Waals surface area (Å²) in [4.78, 5) is 13.1. The monoisotopic (exact) mass is 355 g/mol. The minimum atomic E-state index is -0.200. The van der Waals surface area contributed by atoms with Crippen LogP contribution in [-0.4, -0.2) is 18.3 Å². The van der Waals surface area contributed by atoms with Crippen LogP contribution in [-0.2, 0) is 4.79 Å². The molecule has 1 saturated carbocycles. The van der Waals surface area contributed by atoms with Gasteiger partial charge >= 0.3 is 0 Å². The summed E-state index contributed by atoms with van der Waals surface area (Å²) in [7, 11) is 1.63. The number of hydrogen-bond donors (Lipinski definition) is 1. The van der Waals surface area contributed by atoms with Crippen LogP contribution in [0.2, 0.25) is 0 Å². The third-order valence-corrected chi connectivity index (χ3v) is 6.20. The quantitative estimate of drug-likeness (QED) is 0.758. The van der Waals surface area contributed by atoms with Crippen molar-refractivity contribution in [1.82, 2.24) is 0 Å². The molecule has 0 unspecified atom stereocenters. The minimum Gasteiger partial charge on any atom is -0.495 e. The highest BCUT2D eigenvalue weighted by Gasteiger charge is 2.27. The third kappa shape index (κ3) is 4.57. The zero-order chi connectivity index (χ0) is 17.6. The van der Waals surface area contributed by atoms with Crippen molar-refractivity contribution in [3.63, 3.8) is 0 Å². The summed E-state index contributed by atoms with van der Waals surface area (Å²) in [6.07, 6.45) is 4.95. The SMILES string of the molecule is COc1ccc(C)cc1NC(=O)[C@@H](SC1CCCC1)c1ccccc1. The highest BCUT2D eigenvalue weighted by atomic mass is 32.2. The lowest BCUT2D eigenvalue weighted by Crippen LogP contribution is -2.21. The number of carbonyl (C=O) groups excluding carboxylic acids is 1. The van der Waals surface area contributed by atoms with Crippen molar-refractivity contribution < 1.29 is 9.53 Å². The molecule has 132 valence electrons. The number of thioether (sulfide) groups is 1. The van der Waals surface area contributed by atoms with Crippen molar-refractivity contribution in [1.29, 1.82) is 0 Å². The van der Waals surface area contributed by atoms with Crippen LogP contribution in [0.5, 0.6) is 5.75 Å². The number of aryl methyl sites for hydroxylation is 1. The first-order chi connectivity index (χ1) is 12.2. The molecule has 2 aromatic rings. The molecule has 1 atom stereocenters. The Morgan fingerprint density at radius 3 is 2.56 bits per heavy atom. The maximum Gasteiger partial charge on any atom is 0.242 e. The molecule has 0 radical (unpaired) electrons. The van der Waals surface area contributed by atoms with Crippen molar-refractivity contribution >= 4 is 23.4 Å². The molecule has 4 heteroatoms. The topological polar surface area (TPSA) is 38.3 Å². The van der Waals surface area contributed by atoms with E-state index >= 15 is 0 Å². The number of nitrogens with one attached hydrogen (secondary N) is 1. The smallest absolute Gasteiger partial charge is 0.242 e. The van der Waals surface area contributed by atoms with E-state index in [0.29, 0.717) is 11.0 Å². The molecule has 0 spiro atoms. The van der Waals surface area contributed by atoms with E-state index in [1.165, 1.54) is 25.7 Å². The lowest BCUT2D eigenvalue weighted by molar-refractivity contribution is -0.115. The first kappa shape index (κ1) is 17.9. The number of anilines is 1. The second kappa shape index (κ2) is 8.43.